The molecule has 0 unspecified atom stereocenters. The van der Waals surface area contributed by atoms with E-state index in [-0.39, 0.29) is 5.69 Å². The van der Waals surface area contributed by atoms with E-state index in [1.165, 1.54) is 4.68 Å². The first kappa shape index (κ1) is 17.0. The van der Waals surface area contributed by atoms with Gasteiger partial charge in [0, 0.05) is 45.0 Å². The average molecular weight is 332 g/mol. The number of piperidine rings is 1. The summed E-state index contributed by atoms with van der Waals surface area (Å²) in [7, 11) is 1.74. The van der Waals surface area contributed by atoms with E-state index in [2.05, 4.69) is 32.7 Å². The lowest BCUT2D eigenvalue weighted by Crippen LogP contribution is -2.36. The molecule has 0 N–H and O–H groups in total. The molecule has 1 fully saturated rings. The van der Waals surface area contributed by atoms with Crippen molar-refractivity contribution in [2.45, 2.75) is 58.7 Å². The number of hydrogen-bond acceptors (Lipinski definition) is 4. The lowest BCUT2D eigenvalue weighted by molar-refractivity contribution is 0.188. The molecule has 1 aliphatic heterocycles. The van der Waals surface area contributed by atoms with Crippen molar-refractivity contribution in [3.05, 3.63) is 34.5 Å². The highest BCUT2D eigenvalue weighted by Crippen LogP contribution is 2.26. The first-order chi connectivity index (χ1) is 11.6. The fraction of sp³-hybridized carbons (Fsp3) is 0.706. The van der Waals surface area contributed by atoms with Crippen LogP contribution in [0.5, 0.6) is 0 Å². The zero-order valence-electron chi connectivity index (χ0n) is 15.0. The Morgan fingerprint density at radius 1 is 1.33 bits per heavy atom. The Bertz CT molecular complexity index is 728. The van der Waals surface area contributed by atoms with Crippen molar-refractivity contribution in [1.82, 2.24) is 28.8 Å². The Morgan fingerprint density at radius 2 is 2.17 bits per heavy atom. The lowest BCUT2D eigenvalue weighted by atomic mass is 9.97. The molecule has 0 aliphatic carbocycles. The summed E-state index contributed by atoms with van der Waals surface area (Å²) in [5, 5.41) is 4.50. The van der Waals surface area contributed by atoms with E-state index in [1.54, 1.807) is 7.05 Å². The molecule has 7 nitrogen and oxygen atoms in total. The maximum absolute atomic E-state index is 12.2. The van der Waals surface area contributed by atoms with E-state index < -0.39 is 0 Å². The number of hydrogen-bond donors (Lipinski definition) is 0. The normalized spacial score (nSPS) is 19.0. The van der Waals surface area contributed by atoms with Crippen LogP contribution in [0.2, 0.25) is 0 Å². The molecule has 2 aromatic rings. The minimum atomic E-state index is -0.0110. The predicted molar refractivity (Wildman–Crippen MR) is 92.9 cm³/mol. The summed E-state index contributed by atoms with van der Waals surface area (Å²) < 4.78 is 5.52. The summed E-state index contributed by atoms with van der Waals surface area (Å²) in [6.07, 6.45) is 7.29. The van der Waals surface area contributed by atoms with Crippen LogP contribution in [0.1, 0.15) is 50.7 Å². The number of aromatic nitrogens is 5. The maximum atomic E-state index is 12.2. The van der Waals surface area contributed by atoms with Crippen LogP contribution in [0, 0.1) is 0 Å². The standard InChI is InChI=1S/C17H28N6O/c1-4-9-22-11-8-18-15(22)13-21-10-6-7-14(12-21)16-19-20(3)17(24)23(16)5-2/h8,11,14H,4-7,9-10,12-13H2,1-3H3/t14-/m0/s1. The van der Waals surface area contributed by atoms with Crippen LogP contribution in [-0.2, 0) is 26.7 Å². The van der Waals surface area contributed by atoms with Crippen LogP contribution < -0.4 is 5.69 Å². The van der Waals surface area contributed by atoms with Crippen molar-refractivity contribution < 1.29 is 0 Å². The molecule has 0 amide bonds. The number of likely N-dealkylation sites (tertiary alicyclic amines) is 1. The summed E-state index contributed by atoms with van der Waals surface area (Å²) in [4.78, 5) is 19.1. The molecule has 7 heteroatoms. The largest absolute Gasteiger partial charge is 0.345 e. The van der Waals surface area contributed by atoms with Gasteiger partial charge in [0.25, 0.3) is 0 Å². The molecule has 3 heterocycles. The van der Waals surface area contributed by atoms with Crippen molar-refractivity contribution in [3.8, 4) is 0 Å². The van der Waals surface area contributed by atoms with Crippen molar-refractivity contribution in [3.63, 3.8) is 0 Å². The van der Waals surface area contributed by atoms with Gasteiger partial charge in [-0.3, -0.25) is 9.47 Å². The first-order valence-electron chi connectivity index (χ1n) is 9.00. The highest BCUT2D eigenvalue weighted by atomic mass is 16.2. The SMILES string of the molecule is CCCn1ccnc1CN1CCC[C@H](c2nn(C)c(=O)n2CC)C1. The Labute approximate surface area is 142 Å². The van der Waals surface area contributed by atoms with Crippen LogP contribution in [0.4, 0.5) is 0 Å². The van der Waals surface area contributed by atoms with Crippen LogP contribution >= 0.6 is 0 Å². The quantitative estimate of drug-likeness (QED) is 0.806. The van der Waals surface area contributed by atoms with Crippen molar-refractivity contribution in [1.29, 1.82) is 0 Å². The van der Waals surface area contributed by atoms with E-state index in [9.17, 15) is 4.79 Å². The minimum absolute atomic E-state index is 0.0110. The number of imidazole rings is 1. The molecule has 1 saturated heterocycles. The Balaban J connectivity index is 1.74. The van der Waals surface area contributed by atoms with Crippen LogP contribution in [0.3, 0.4) is 0 Å². The fourth-order valence-corrected chi connectivity index (χ4v) is 3.67. The van der Waals surface area contributed by atoms with Gasteiger partial charge in [-0.1, -0.05) is 6.92 Å². The van der Waals surface area contributed by atoms with E-state index in [0.29, 0.717) is 12.5 Å². The summed E-state index contributed by atoms with van der Waals surface area (Å²) in [5.74, 6) is 2.39. The average Bonchev–Trinajstić information content (AvgIpc) is 3.13. The molecule has 1 atom stereocenters. The summed E-state index contributed by atoms with van der Waals surface area (Å²) in [6.45, 7) is 8.78. The highest BCUT2D eigenvalue weighted by molar-refractivity contribution is 5.02. The maximum Gasteiger partial charge on any atom is 0.345 e. The lowest BCUT2D eigenvalue weighted by Gasteiger charge is -2.32. The van der Waals surface area contributed by atoms with E-state index in [0.717, 1.165) is 57.1 Å². The number of aryl methyl sites for hydroxylation is 2. The molecule has 24 heavy (non-hydrogen) atoms. The van der Waals surface area contributed by atoms with Crippen molar-refractivity contribution >= 4 is 0 Å². The molecule has 132 valence electrons. The third-order valence-electron chi connectivity index (χ3n) is 4.85. The van der Waals surface area contributed by atoms with Gasteiger partial charge in [0.1, 0.15) is 11.6 Å². The van der Waals surface area contributed by atoms with Gasteiger partial charge in [0.05, 0.1) is 6.54 Å². The zero-order chi connectivity index (χ0) is 17.1. The third kappa shape index (κ3) is 3.31. The second-order valence-electron chi connectivity index (χ2n) is 6.62. The summed E-state index contributed by atoms with van der Waals surface area (Å²) in [5.41, 5.74) is -0.0110. The topological polar surface area (TPSA) is 60.9 Å². The van der Waals surface area contributed by atoms with Crippen LogP contribution in [0.15, 0.2) is 17.2 Å². The Morgan fingerprint density at radius 3 is 2.92 bits per heavy atom. The molecule has 0 bridgehead atoms. The summed E-state index contributed by atoms with van der Waals surface area (Å²) in [6, 6.07) is 0. The van der Waals surface area contributed by atoms with E-state index >= 15 is 0 Å². The van der Waals surface area contributed by atoms with Gasteiger partial charge in [-0.15, -0.1) is 0 Å². The van der Waals surface area contributed by atoms with Gasteiger partial charge in [0.15, 0.2) is 0 Å². The molecule has 2 aromatic heterocycles. The monoisotopic (exact) mass is 332 g/mol. The number of rotatable bonds is 6. The Kier molecular flexibility index (Phi) is 5.18. The molecule has 3 rings (SSSR count). The van der Waals surface area contributed by atoms with Crippen LogP contribution in [-0.4, -0.2) is 41.9 Å². The predicted octanol–water partition coefficient (Wildman–Crippen LogP) is 1.59. The van der Waals surface area contributed by atoms with Gasteiger partial charge < -0.3 is 4.57 Å². The van der Waals surface area contributed by atoms with Crippen molar-refractivity contribution in [2.75, 3.05) is 13.1 Å². The minimum Gasteiger partial charge on any atom is -0.334 e. The molecule has 1 aliphatic rings. The third-order valence-corrected chi connectivity index (χ3v) is 4.85. The van der Waals surface area contributed by atoms with Crippen LogP contribution in [0.25, 0.3) is 0 Å². The molecule has 0 aromatic carbocycles. The van der Waals surface area contributed by atoms with Crippen molar-refractivity contribution in [2.24, 2.45) is 7.05 Å². The van der Waals surface area contributed by atoms with E-state index in [4.69, 9.17) is 0 Å². The van der Waals surface area contributed by atoms with E-state index in [1.807, 2.05) is 17.7 Å². The first-order valence-corrected chi connectivity index (χ1v) is 9.00. The van der Waals surface area contributed by atoms with Gasteiger partial charge in [-0.25, -0.2) is 14.5 Å². The molecule has 0 spiro atoms. The van der Waals surface area contributed by atoms with Gasteiger partial charge >= 0.3 is 5.69 Å². The Hall–Kier alpha value is -1.89. The second-order valence-corrected chi connectivity index (χ2v) is 6.62. The zero-order valence-corrected chi connectivity index (χ0v) is 15.0. The van der Waals surface area contributed by atoms with Gasteiger partial charge in [-0.05, 0) is 32.7 Å². The molecule has 0 radical (unpaired) electrons. The summed E-state index contributed by atoms with van der Waals surface area (Å²) >= 11 is 0. The van der Waals surface area contributed by atoms with Gasteiger partial charge in [0.2, 0.25) is 0 Å². The molecule has 0 saturated carbocycles. The smallest absolute Gasteiger partial charge is 0.334 e. The fourth-order valence-electron chi connectivity index (χ4n) is 3.67. The highest BCUT2D eigenvalue weighted by Gasteiger charge is 2.27. The van der Waals surface area contributed by atoms with Gasteiger partial charge in [-0.2, -0.15) is 5.10 Å². The second kappa shape index (κ2) is 7.34. The molecular formula is C17H28N6O. The number of nitrogens with zero attached hydrogens (tertiary/aromatic N) is 6. The molecular weight excluding hydrogens is 304 g/mol.